The molecule has 1 aromatic rings. The Bertz CT molecular complexity index is 499. The third kappa shape index (κ3) is 3.33. The van der Waals surface area contributed by atoms with Crippen molar-refractivity contribution in [2.75, 3.05) is 0 Å². The Labute approximate surface area is 118 Å². The second-order valence-corrected chi connectivity index (χ2v) is 5.18. The van der Waals surface area contributed by atoms with Gasteiger partial charge in [0.1, 0.15) is 11.8 Å². The second-order valence-electron chi connectivity index (χ2n) is 5.18. The van der Waals surface area contributed by atoms with E-state index in [2.05, 4.69) is 5.32 Å². The van der Waals surface area contributed by atoms with Crippen molar-refractivity contribution >= 4 is 18.3 Å². The number of aliphatic carboxylic acids is 1. The summed E-state index contributed by atoms with van der Waals surface area (Å²) in [7, 11) is 0. The number of allylic oxidation sites excluding steroid dienone is 1. The highest BCUT2D eigenvalue weighted by molar-refractivity contribution is 5.79. The molecule has 0 bridgehead atoms. The molecule has 20 heavy (non-hydrogen) atoms. The van der Waals surface area contributed by atoms with Crippen LogP contribution in [0.25, 0.3) is 6.08 Å². The molecule has 106 valence electrons. The van der Waals surface area contributed by atoms with Gasteiger partial charge in [0.2, 0.25) is 0 Å². The van der Waals surface area contributed by atoms with Crippen LogP contribution in [0.1, 0.15) is 36.8 Å². The monoisotopic (exact) mass is 273 g/mol. The van der Waals surface area contributed by atoms with E-state index in [-0.39, 0.29) is 0 Å². The molecule has 4 nitrogen and oxygen atoms in total. The van der Waals surface area contributed by atoms with Crippen LogP contribution in [0.15, 0.2) is 30.3 Å². The predicted octanol–water partition coefficient (Wildman–Crippen LogP) is 2.39. The smallest absolute Gasteiger partial charge is 0.323 e. The van der Waals surface area contributed by atoms with Gasteiger partial charge in [-0.3, -0.25) is 14.9 Å². The number of carboxylic acid groups (broad SMARTS) is 1. The third-order valence-electron chi connectivity index (χ3n) is 3.84. The number of carboxylic acids is 1. The number of aldehydes is 1. The lowest BCUT2D eigenvalue weighted by Gasteiger charge is -2.25. The first-order valence-electron chi connectivity index (χ1n) is 6.85. The maximum atomic E-state index is 11.4. The molecular formula is C16H19NO3. The summed E-state index contributed by atoms with van der Waals surface area (Å²) in [5.41, 5.74) is 1.24. The van der Waals surface area contributed by atoms with Crippen LogP contribution in [0.5, 0.6) is 0 Å². The van der Waals surface area contributed by atoms with Crippen molar-refractivity contribution in [1.29, 1.82) is 0 Å². The Balaban J connectivity index is 1.98. The van der Waals surface area contributed by atoms with Gasteiger partial charge in [0, 0.05) is 6.54 Å². The van der Waals surface area contributed by atoms with Crippen molar-refractivity contribution in [3.63, 3.8) is 0 Å². The normalized spacial score (nSPS) is 17.4. The molecule has 0 radical (unpaired) electrons. The van der Waals surface area contributed by atoms with E-state index >= 15 is 0 Å². The van der Waals surface area contributed by atoms with Gasteiger partial charge in [-0.1, -0.05) is 43.2 Å². The van der Waals surface area contributed by atoms with Gasteiger partial charge in [0.15, 0.2) is 0 Å². The summed E-state index contributed by atoms with van der Waals surface area (Å²) in [5.74, 6) is -0.750. The average Bonchev–Trinajstić information content (AvgIpc) is 2.94. The first kappa shape index (κ1) is 14.5. The first-order valence-corrected chi connectivity index (χ1v) is 6.85. The molecule has 1 aliphatic carbocycles. The van der Waals surface area contributed by atoms with Crippen LogP contribution in [0, 0.1) is 0 Å². The van der Waals surface area contributed by atoms with Crippen molar-refractivity contribution in [2.24, 2.45) is 0 Å². The summed E-state index contributed by atoms with van der Waals surface area (Å²) in [4.78, 5) is 21.7. The van der Waals surface area contributed by atoms with Gasteiger partial charge < -0.3 is 5.11 Å². The van der Waals surface area contributed by atoms with Gasteiger partial charge in [-0.25, -0.2) is 0 Å². The highest BCUT2D eigenvalue weighted by Gasteiger charge is 2.40. The number of hydrogen-bond acceptors (Lipinski definition) is 3. The maximum absolute atomic E-state index is 11.4. The van der Waals surface area contributed by atoms with E-state index in [9.17, 15) is 14.7 Å². The molecule has 0 unspecified atom stereocenters. The zero-order valence-electron chi connectivity index (χ0n) is 11.3. The highest BCUT2D eigenvalue weighted by atomic mass is 16.4. The molecule has 1 fully saturated rings. The van der Waals surface area contributed by atoms with Crippen molar-refractivity contribution < 1.29 is 14.7 Å². The Morgan fingerprint density at radius 3 is 2.45 bits per heavy atom. The van der Waals surface area contributed by atoms with E-state index in [1.54, 1.807) is 6.08 Å². The van der Waals surface area contributed by atoms with Gasteiger partial charge in [-0.15, -0.1) is 0 Å². The van der Waals surface area contributed by atoms with E-state index in [4.69, 9.17) is 0 Å². The van der Waals surface area contributed by atoms with Crippen LogP contribution in [0.4, 0.5) is 0 Å². The zero-order valence-corrected chi connectivity index (χ0v) is 11.3. The van der Waals surface area contributed by atoms with E-state index in [0.29, 0.717) is 19.4 Å². The first-order chi connectivity index (χ1) is 9.66. The van der Waals surface area contributed by atoms with Crippen molar-refractivity contribution in [3.05, 3.63) is 41.5 Å². The maximum Gasteiger partial charge on any atom is 0.323 e. The number of carbonyl (C=O) groups is 2. The lowest BCUT2D eigenvalue weighted by molar-refractivity contribution is -0.144. The predicted molar refractivity (Wildman–Crippen MR) is 77.2 cm³/mol. The summed E-state index contributed by atoms with van der Waals surface area (Å²) in [6.45, 7) is 0.546. The number of benzene rings is 1. The van der Waals surface area contributed by atoms with Crippen LogP contribution >= 0.6 is 0 Å². The average molecular weight is 273 g/mol. The molecule has 2 N–H and O–H groups in total. The van der Waals surface area contributed by atoms with Gasteiger partial charge in [0.05, 0.1) is 0 Å². The lowest BCUT2D eigenvalue weighted by atomic mass is 9.97. The van der Waals surface area contributed by atoms with Crippen LogP contribution in [-0.2, 0) is 16.1 Å². The Morgan fingerprint density at radius 2 is 1.90 bits per heavy atom. The van der Waals surface area contributed by atoms with Crippen LogP contribution in [0.3, 0.4) is 0 Å². The molecule has 1 aromatic carbocycles. The Morgan fingerprint density at radius 1 is 1.25 bits per heavy atom. The minimum Gasteiger partial charge on any atom is -0.480 e. The van der Waals surface area contributed by atoms with Crippen molar-refractivity contribution in [3.8, 4) is 0 Å². The molecule has 0 spiro atoms. The minimum atomic E-state index is -0.754. The fourth-order valence-corrected chi connectivity index (χ4v) is 2.61. The topological polar surface area (TPSA) is 66.4 Å². The molecule has 4 heteroatoms. The fourth-order valence-electron chi connectivity index (χ4n) is 2.61. The second kappa shape index (κ2) is 6.48. The number of carbonyl (C=O) groups excluding carboxylic acids is 1. The lowest BCUT2D eigenvalue weighted by Crippen LogP contribution is -2.49. The summed E-state index contributed by atoms with van der Waals surface area (Å²) in [6.07, 6.45) is 7.26. The number of rotatable bonds is 6. The largest absolute Gasteiger partial charge is 0.480 e. The summed E-state index contributed by atoms with van der Waals surface area (Å²) >= 11 is 0. The molecular weight excluding hydrogens is 254 g/mol. The van der Waals surface area contributed by atoms with E-state index in [0.717, 1.165) is 30.3 Å². The van der Waals surface area contributed by atoms with Crippen LogP contribution < -0.4 is 5.32 Å². The van der Waals surface area contributed by atoms with E-state index < -0.39 is 11.5 Å². The van der Waals surface area contributed by atoms with Crippen molar-refractivity contribution in [2.45, 2.75) is 37.8 Å². The molecule has 0 saturated heterocycles. The van der Waals surface area contributed by atoms with Gasteiger partial charge in [-0.05, 0) is 30.0 Å². The van der Waals surface area contributed by atoms with Gasteiger partial charge in [-0.2, -0.15) is 0 Å². The molecule has 0 aromatic heterocycles. The van der Waals surface area contributed by atoms with Crippen LogP contribution in [0.2, 0.25) is 0 Å². The van der Waals surface area contributed by atoms with E-state index in [1.165, 1.54) is 6.08 Å². The highest BCUT2D eigenvalue weighted by Crippen LogP contribution is 2.30. The molecule has 0 amide bonds. The summed E-state index contributed by atoms with van der Waals surface area (Å²) in [5, 5.41) is 12.6. The number of hydrogen-bond donors (Lipinski definition) is 2. The molecule has 0 heterocycles. The number of nitrogens with one attached hydrogen (secondary N) is 1. The summed E-state index contributed by atoms with van der Waals surface area (Å²) in [6, 6.07) is 7.72. The standard InChI is InChI=1S/C16H19NO3/c18-11-3-4-13-5-7-14(8-6-13)12-17-16(15(19)20)9-1-2-10-16/h3-8,11,17H,1-2,9-10,12H2,(H,19,20)/b4-3+. The van der Waals surface area contributed by atoms with E-state index in [1.807, 2.05) is 24.3 Å². The minimum absolute atomic E-state index is 0.546. The SMILES string of the molecule is O=C/C=C/c1ccc(CNC2(C(=O)O)CCCC2)cc1. The third-order valence-corrected chi connectivity index (χ3v) is 3.84. The van der Waals surface area contributed by atoms with Gasteiger partial charge >= 0.3 is 5.97 Å². The van der Waals surface area contributed by atoms with Gasteiger partial charge in [0.25, 0.3) is 0 Å². The van der Waals surface area contributed by atoms with Crippen LogP contribution in [-0.4, -0.2) is 22.9 Å². The Hall–Kier alpha value is -1.94. The molecule has 0 atom stereocenters. The zero-order chi connectivity index (χ0) is 14.4. The molecule has 1 aliphatic rings. The molecule has 0 aliphatic heterocycles. The fraction of sp³-hybridized carbons (Fsp3) is 0.375. The molecule has 1 saturated carbocycles. The Kier molecular flexibility index (Phi) is 4.69. The molecule has 2 rings (SSSR count). The quantitative estimate of drug-likeness (QED) is 0.617. The van der Waals surface area contributed by atoms with Crippen molar-refractivity contribution in [1.82, 2.24) is 5.32 Å². The summed E-state index contributed by atoms with van der Waals surface area (Å²) < 4.78 is 0.